The molecule has 3 fully saturated rings. The molecule has 0 radical (unpaired) electrons. The van der Waals surface area contributed by atoms with E-state index in [0.717, 1.165) is 51.9 Å². The lowest BCUT2D eigenvalue weighted by Crippen LogP contribution is -2.70. The fourth-order valence-electron chi connectivity index (χ4n) is 12.7. The lowest BCUT2D eigenvalue weighted by molar-refractivity contribution is -0.386. The number of hydrogen-bond acceptors (Lipinski definition) is 20. The molecule has 0 bridgehead atoms. The number of unbranched alkanes of at least 4 members (excludes halogenated alkanes) is 34. The first-order valence-corrected chi connectivity index (χ1v) is 35.4. The fourth-order valence-corrected chi connectivity index (χ4v) is 12.7. The number of aliphatic hydroxyl groups is 11. The first-order valence-electron chi connectivity index (χ1n) is 35.4. The lowest BCUT2D eigenvalue weighted by atomic mass is 9.88. The molecule has 2 amide bonds. The van der Waals surface area contributed by atoms with Gasteiger partial charge in [0.15, 0.2) is 12.6 Å². The van der Waals surface area contributed by atoms with Crippen molar-refractivity contribution in [1.29, 1.82) is 0 Å². The van der Waals surface area contributed by atoms with Gasteiger partial charge in [-0.05, 0) is 12.8 Å². The van der Waals surface area contributed by atoms with Gasteiger partial charge in [0.25, 0.3) is 5.79 Å². The Labute approximate surface area is 538 Å². The van der Waals surface area contributed by atoms with Crippen LogP contribution in [0.3, 0.4) is 0 Å². The number of amides is 2. The van der Waals surface area contributed by atoms with Crippen LogP contribution in [-0.4, -0.2) is 215 Å². The fraction of sp³-hybridized carbons (Fsp3) is 0.955. The average molecular weight is 1300 g/mol. The van der Waals surface area contributed by atoms with Gasteiger partial charge in [0.2, 0.25) is 11.8 Å². The number of aliphatic hydroxyl groups excluding tert-OH is 11. The van der Waals surface area contributed by atoms with E-state index in [4.69, 9.17) is 28.4 Å². The van der Waals surface area contributed by atoms with Crippen LogP contribution in [0.4, 0.5) is 0 Å². The monoisotopic (exact) mass is 1290 g/mol. The molecular formula is C67H126N2O21. The van der Waals surface area contributed by atoms with Gasteiger partial charge in [-0.3, -0.25) is 9.59 Å². The van der Waals surface area contributed by atoms with Crippen LogP contribution in [0, 0.1) is 0 Å². The van der Waals surface area contributed by atoms with Gasteiger partial charge < -0.3 is 100 Å². The van der Waals surface area contributed by atoms with E-state index >= 15 is 0 Å². The third kappa shape index (κ3) is 30.6. The summed E-state index contributed by atoms with van der Waals surface area (Å²) in [5.74, 6) is -6.09. The van der Waals surface area contributed by atoms with Crippen LogP contribution in [0.2, 0.25) is 0 Å². The number of carbonyl (C=O) groups is 3. The minimum Gasteiger partial charge on any atom is -0.477 e. The predicted molar refractivity (Wildman–Crippen MR) is 339 cm³/mol. The summed E-state index contributed by atoms with van der Waals surface area (Å²) in [5.41, 5.74) is 0. The first-order chi connectivity index (χ1) is 43.4. The molecule has 0 aromatic heterocycles. The molecule has 530 valence electrons. The van der Waals surface area contributed by atoms with E-state index < -0.39 is 148 Å². The molecular weight excluding hydrogens is 1170 g/mol. The standard InChI is InChI=1S/C67H126N2O21/c1-4-6-8-10-12-14-16-18-20-22-23-25-27-29-31-33-35-37-39-41-54(77)69-48(49(74)40-38-36-34-32-30-28-26-24-21-19-17-15-13-11-9-7-5-2)46-85-64-59(81)58(80)61(53(45-72)87-64)88-65-60(82)63(57(79)52(44-71)86-65)90-67(66(83)84)42-50(75)55(68-47(3)73)62(89-67)56(78)51(76)43-70/h48-53,55-65,70-72,74-76,78-82H,4-46H2,1-3H3,(H,68,73)(H,69,77)(H,83,84). The van der Waals surface area contributed by atoms with Crippen molar-refractivity contribution in [3.8, 4) is 0 Å². The number of hydrogen-bond donors (Lipinski definition) is 14. The van der Waals surface area contributed by atoms with Crippen LogP contribution < -0.4 is 10.6 Å². The quantitative estimate of drug-likeness (QED) is 0.0288. The third-order valence-electron chi connectivity index (χ3n) is 18.3. The zero-order valence-corrected chi connectivity index (χ0v) is 55.3. The summed E-state index contributed by atoms with van der Waals surface area (Å²) in [6.45, 7) is 2.23. The molecule has 3 heterocycles. The second kappa shape index (κ2) is 48.4. The maximum absolute atomic E-state index is 13.5. The molecule has 18 atom stereocenters. The Kier molecular flexibility index (Phi) is 44.1. The number of carbonyl (C=O) groups excluding carboxylic acids is 2. The molecule has 23 nitrogen and oxygen atoms in total. The average Bonchev–Trinajstić information content (AvgIpc) is 1.10. The third-order valence-corrected chi connectivity index (χ3v) is 18.3. The number of carboxylic acids is 1. The summed E-state index contributed by atoms with van der Waals surface area (Å²) in [5, 5.41) is 136. The van der Waals surface area contributed by atoms with E-state index in [-0.39, 0.29) is 18.9 Å². The second-order valence-electron chi connectivity index (χ2n) is 26.1. The molecule has 90 heavy (non-hydrogen) atoms. The highest BCUT2D eigenvalue weighted by Gasteiger charge is 2.60. The van der Waals surface area contributed by atoms with Gasteiger partial charge in [-0.2, -0.15) is 0 Å². The summed E-state index contributed by atoms with van der Waals surface area (Å²) in [7, 11) is 0. The summed E-state index contributed by atoms with van der Waals surface area (Å²) in [6.07, 6.45) is 15.3. The Morgan fingerprint density at radius 1 is 0.533 bits per heavy atom. The van der Waals surface area contributed by atoms with Crippen molar-refractivity contribution in [2.24, 2.45) is 0 Å². The highest BCUT2D eigenvalue weighted by molar-refractivity contribution is 5.77. The van der Waals surface area contributed by atoms with E-state index in [1.54, 1.807) is 0 Å². The van der Waals surface area contributed by atoms with Crippen molar-refractivity contribution < 1.29 is 104 Å². The highest BCUT2D eigenvalue weighted by atomic mass is 16.8. The zero-order chi connectivity index (χ0) is 66.1. The van der Waals surface area contributed by atoms with Gasteiger partial charge in [-0.15, -0.1) is 0 Å². The zero-order valence-electron chi connectivity index (χ0n) is 55.3. The number of aliphatic carboxylic acids is 1. The summed E-state index contributed by atoms with van der Waals surface area (Å²) < 4.78 is 34.9. The Hall–Kier alpha value is -2.27. The molecule has 0 spiro atoms. The Morgan fingerprint density at radius 2 is 0.967 bits per heavy atom. The lowest BCUT2D eigenvalue weighted by Gasteiger charge is -2.50. The predicted octanol–water partition coefficient (Wildman–Crippen LogP) is 6.51. The SMILES string of the molecule is CCCCCCCCCCCCCCCCCCCCCC(=O)NC(COC1OC(CO)C(OC2OC(CO)C(O)C(OC3(C(=O)O)CC(O)C(NC(C)=O)C(C(O)C(O)CO)O3)C2O)C(O)C1O)C(O)CCCCCCCCCCCCCCCCCCC. The van der Waals surface area contributed by atoms with Gasteiger partial charge in [-0.1, -0.05) is 239 Å². The molecule has 0 aliphatic carbocycles. The number of rotatable bonds is 54. The van der Waals surface area contributed by atoms with E-state index in [1.165, 1.54) is 173 Å². The van der Waals surface area contributed by atoms with Crippen LogP contribution in [0.25, 0.3) is 0 Å². The normalized spacial score (nSPS) is 28.5. The van der Waals surface area contributed by atoms with Crippen molar-refractivity contribution in [2.45, 2.75) is 381 Å². The molecule has 3 aliphatic heterocycles. The van der Waals surface area contributed by atoms with Crippen molar-refractivity contribution >= 4 is 17.8 Å². The van der Waals surface area contributed by atoms with Crippen LogP contribution in [0.1, 0.15) is 271 Å². The topological polar surface area (TPSA) is 373 Å². The van der Waals surface area contributed by atoms with Crippen LogP contribution in [0.15, 0.2) is 0 Å². The largest absolute Gasteiger partial charge is 0.477 e. The van der Waals surface area contributed by atoms with Gasteiger partial charge >= 0.3 is 5.97 Å². The number of ether oxygens (including phenoxy) is 6. The van der Waals surface area contributed by atoms with E-state index in [2.05, 4.69) is 24.5 Å². The van der Waals surface area contributed by atoms with Gasteiger partial charge in [-0.25, -0.2) is 4.79 Å². The van der Waals surface area contributed by atoms with Crippen LogP contribution in [0.5, 0.6) is 0 Å². The Bertz CT molecular complexity index is 1830. The minimum atomic E-state index is -3.08. The molecule has 0 saturated carbocycles. The van der Waals surface area contributed by atoms with Gasteiger partial charge in [0.05, 0.1) is 50.7 Å². The summed E-state index contributed by atoms with van der Waals surface area (Å²) >= 11 is 0. The molecule has 3 aliphatic rings. The first kappa shape index (κ1) is 82.0. The molecule has 0 aromatic rings. The van der Waals surface area contributed by atoms with Crippen LogP contribution in [-0.2, 0) is 42.8 Å². The molecule has 0 aromatic carbocycles. The molecule has 3 rings (SSSR count). The summed E-state index contributed by atoms with van der Waals surface area (Å²) in [6, 6.07) is -2.52. The number of carboxylic acid groups (broad SMARTS) is 1. The Morgan fingerprint density at radius 3 is 1.39 bits per heavy atom. The van der Waals surface area contributed by atoms with Crippen molar-refractivity contribution in [2.75, 3.05) is 26.4 Å². The summed E-state index contributed by atoms with van der Waals surface area (Å²) in [4.78, 5) is 38.6. The van der Waals surface area contributed by atoms with Crippen LogP contribution >= 0.6 is 0 Å². The highest BCUT2D eigenvalue weighted by Crippen LogP contribution is 2.39. The second-order valence-corrected chi connectivity index (χ2v) is 26.1. The van der Waals surface area contributed by atoms with Crippen molar-refractivity contribution in [3.05, 3.63) is 0 Å². The molecule has 3 saturated heterocycles. The minimum absolute atomic E-state index is 0.229. The molecule has 18 unspecified atom stereocenters. The maximum Gasteiger partial charge on any atom is 0.364 e. The molecule has 23 heteroatoms. The van der Waals surface area contributed by atoms with Gasteiger partial charge in [0, 0.05) is 19.8 Å². The Balaban J connectivity index is 1.59. The maximum atomic E-state index is 13.5. The van der Waals surface area contributed by atoms with E-state index in [9.17, 15) is 75.7 Å². The van der Waals surface area contributed by atoms with E-state index in [1.807, 2.05) is 0 Å². The van der Waals surface area contributed by atoms with Gasteiger partial charge in [0.1, 0.15) is 67.1 Å². The van der Waals surface area contributed by atoms with Crippen molar-refractivity contribution in [1.82, 2.24) is 10.6 Å². The van der Waals surface area contributed by atoms with Crippen molar-refractivity contribution in [3.63, 3.8) is 0 Å². The molecule has 14 N–H and O–H groups in total. The number of nitrogens with one attached hydrogen (secondary N) is 2. The van der Waals surface area contributed by atoms with E-state index in [0.29, 0.717) is 19.3 Å². The smallest absolute Gasteiger partial charge is 0.364 e.